The number of ether oxygens (including phenoxy) is 2. The minimum atomic E-state index is -0.472. The Morgan fingerprint density at radius 3 is 2.28 bits per heavy atom. The minimum absolute atomic E-state index is 0.324. The molecule has 2 aromatic carbocycles. The normalized spacial score (nSPS) is 14.0. The smallest absolute Gasteiger partial charge is 0.165 e. The van der Waals surface area contributed by atoms with Crippen LogP contribution in [0.25, 0.3) is 11.0 Å². The van der Waals surface area contributed by atoms with E-state index >= 15 is 0 Å². The molecule has 3 rings (SSSR count). The highest BCUT2D eigenvalue weighted by Crippen LogP contribution is 2.52. The van der Waals surface area contributed by atoms with Gasteiger partial charge in [0.1, 0.15) is 5.52 Å². The van der Waals surface area contributed by atoms with Crippen LogP contribution in [0.15, 0.2) is 59.5 Å². The van der Waals surface area contributed by atoms with Gasteiger partial charge in [-0.15, -0.1) is 16.9 Å². The van der Waals surface area contributed by atoms with E-state index in [0.29, 0.717) is 24.9 Å². The summed E-state index contributed by atoms with van der Waals surface area (Å²) < 4.78 is 13.5. The Morgan fingerprint density at radius 2 is 1.62 bits per heavy atom. The molecule has 156 valence electrons. The Balaban J connectivity index is 2.12. The van der Waals surface area contributed by atoms with Gasteiger partial charge in [0.2, 0.25) is 0 Å². The van der Waals surface area contributed by atoms with E-state index in [2.05, 4.69) is 59.2 Å². The van der Waals surface area contributed by atoms with Crippen molar-refractivity contribution in [3.8, 4) is 0 Å². The molecule has 5 nitrogen and oxygen atoms in total. The van der Waals surface area contributed by atoms with Gasteiger partial charge in [0.25, 0.3) is 0 Å². The topological polar surface area (TPSA) is 49.2 Å². The largest absolute Gasteiger partial charge is 0.353 e. The number of benzene rings is 2. The van der Waals surface area contributed by atoms with Crippen LogP contribution >= 0.6 is 23.5 Å². The van der Waals surface area contributed by atoms with Crippen molar-refractivity contribution in [2.24, 2.45) is 0 Å². The molecule has 0 bridgehead atoms. The summed E-state index contributed by atoms with van der Waals surface area (Å²) in [7, 11) is 0. The van der Waals surface area contributed by atoms with Crippen LogP contribution in [-0.4, -0.2) is 39.7 Å². The van der Waals surface area contributed by atoms with E-state index in [9.17, 15) is 0 Å². The van der Waals surface area contributed by atoms with Crippen LogP contribution in [0.4, 0.5) is 0 Å². The molecule has 1 heterocycles. The van der Waals surface area contributed by atoms with Gasteiger partial charge in [0.15, 0.2) is 10.5 Å². The molecule has 0 saturated heterocycles. The SMILES string of the molecule is CCOC(CC(Sc1ccccc1)(SC(C)C)n1nnc2ccccc21)OCC. The molecular weight excluding hydrogens is 402 g/mol. The third kappa shape index (κ3) is 5.54. The summed E-state index contributed by atoms with van der Waals surface area (Å²) in [5.74, 6) is 0. The number of para-hydroxylation sites is 1. The van der Waals surface area contributed by atoms with Crippen LogP contribution in [0.3, 0.4) is 0 Å². The van der Waals surface area contributed by atoms with Gasteiger partial charge in [-0.05, 0) is 38.1 Å². The van der Waals surface area contributed by atoms with E-state index in [4.69, 9.17) is 9.47 Å². The molecule has 0 aliphatic carbocycles. The lowest BCUT2D eigenvalue weighted by atomic mass is 10.3. The molecule has 0 saturated carbocycles. The maximum Gasteiger partial charge on any atom is 0.165 e. The number of rotatable bonds is 11. The molecular formula is C22H29N3O2S2. The van der Waals surface area contributed by atoms with E-state index < -0.39 is 4.20 Å². The summed E-state index contributed by atoms with van der Waals surface area (Å²) in [6, 6.07) is 18.5. The number of hydrogen-bond donors (Lipinski definition) is 0. The summed E-state index contributed by atoms with van der Waals surface area (Å²) in [6.07, 6.45) is 0.320. The molecule has 0 N–H and O–H groups in total. The number of aromatic nitrogens is 3. The van der Waals surface area contributed by atoms with Crippen LogP contribution in [0.5, 0.6) is 0 Å². The zero-order valence-electron chi connectivity index (χ0n) is 17.4. The standard InChI is InChI=1S/C22H29N3O2S2/c1-5-26-21(27-6-2)16-22(28-17(3)4,29-18-12-8-7-9-13-18)25-20-15-11-10-14-19(20)23-24-25/h7-15,17,21H,5-6,16H2,1-4H3. The highest BCUT2D eigenvalue weighted by molar-refractivity contribution is 8.17. The predicted octanol–water partition coefficient (Wildman–Crippen LogP) is 5.76. The molecule has 3 aromatic rings. The lowest BCUT2D eigenvalue weighted by Crippen LogP contribution is -2.35. The van der Waals surface area contributed by atoms with E-state index in [-0.39, 0.29) is 6.29 Å². The number of fused-ring (bicyclic) bond motifs is 1. The first-order valence-corrected chi connectivity index (χ1v) is 11.7. The quantitative estimate of drug-likeness (QED) is 0.284. The molecule has 1 atom stereocenters. The fraction of sp³-hybridized carbons (Fsp3) is 0.455. The number of nitrogens with zero attached hydrogens (tertiary/aromatic N) is 3. The lowest BCUT2D eigenvalue weighted by molar-refractivity contribution is -0.143. The fourth-order valence-corrected chi connectivity index (χ4v) is 6.57. The third-order valence-electron chi connectivity index (χ3n) is 4.24. The van der Waals surface area contributed by atoms with E-state index in [1.807, 2.05) is 49.9 Å². The van der Waals surface area contributed by atoms with E-state index in [1.165, 1.54) is 4.90 Å². The number of thioether (sulfide) groups is 2. The Labute approximate surface area is 181 Å². The van der Waals surface area contributed by atoms with Crippen molar-refractivity contribution in [3.05, 3.63) is 54.6 Å². The Hall–Kier alpha value is -1.54. The molecule has 1 aromatic heterocycles. The summed E-state index contributed by atoms with van der Waals surface area (Å²) in [5, 5.41) is 9.41. The maximum absolute atomic E-state index is 5.96. The van der Waals surface area contributed by atoms with Crippen LogP contribution in [0.2, 0.25) is 0 Å². The second kappa shape index (κ2) is 10.5. The van der Waals surface area contributed by atoms with Crippen molar-refractivity contribution < 1.29 is 9.47 Å². The molecule has 7 heteroatoms. The summed E-state index contributed by atoms with van der Waals surface area (Å²) in [5.41, 5.74) is 1.90. The van der Waals surface area contributed by atoms with E-state index in [1.54, 1.807) is 11.8 Å². The first-order valence-electron chi connectivity index (χ1n) is 10.0. The van der Waals surface area contributed by atoms with Crippen molar-refractivity contribution in [1.82, 2.24) is 15.0 Å². The summed E-state index contributed by atoms with van der Waals surface area (Å²) in [4.78, 5) is 1.17. The summed E-state index contributed by atoms with van der Waals surface area (Å²) >= 11 is 3.64. The maximum atomic E-state index is 5.96. The fourth-order valence-electron chi connectivity index (χ4n) is 3.20. The zero-order valence-corrected chi connectivity index (χ0v) is 19.1. The van der Waals surface area contributed by atoms with E-state index in [0.717, 1.165) is 11.0 Å². The van der Waals surface area contributed by atoms with Crippen molar-refractivity contribution >= 4 is 34.6 Å². The molecule has 0 spiro atoms. The van der Waals surface area contributed by atoms with Gasteiger partial charge in [0.05, 0.1) is 5.52 Å². The van der Waals surface area contributed by atoms with Crippen molar-refractivity contribution in [2.45, 2.75) is 54.8 Å². The molecule has 0 fully saturated rings. The second-order valence-electron chi connectivity index (χ2n) is 6.83. The highest BCUT2D eigenvalue weighted by Gasteiger charge is 2.41. The number of hydrogen-bond acceptors (Lipinski definition) is 6. The molecule has 0 amide bonds. The van der Waals surface area contributed by atoms with Crippen LogP contribution in [0, 0.1) is 0 Å². The third-order valence-corrected chi connectivity index (χ3v) is 7.13. The highest BCUT2D eigenvalue weighted by atomic mass is 32.2. The van der Waals surface area contributed by atoms with Crippen LogP contribution < -0.4 is 0 Å². The van der Waals surface area contributed by atoms with Crippen LogP contribution in [-0.2, 0) is 13.7 Å². The second-order valence-corrected chi connectivity index (χ2v) is 10.3. The first kappa shape index (κ1) is 22.2. The average Bonchev–Trinajstić information content (AvgIpc) is 3.13. The molecule has 29 heavy (non-hydrogen) atoms. The summed E-state index contributed by atoms with van der Waals surface area (Å²) in [6.45, 7) is 9.61. The molecule has 0 radical (unpaired) electrons. The molecule has 0 aliphatic heterocycles. The van der Waals surface area contributed by atoms with Crippen molar-refractivity contribution in [2.75, 3.05) is 13.2 Å². The van der Waals surface area contributed by atoms with Gasteiger partial charge in [0, 0.05) is 29.8 Å². The molecule has 0 aliphatic rings. The Morgan fingerprint density at radius 1 is 0.966 bits per heavy atom. The Bertz CT molecular complexity index is 882. The van der Waals surface area contributed by atoms with Crippen molar-refractivity contribution in [1.29, 1.82) is 0 Å². The minimum Gasteiger partial charge on any atom is -0.353 e. The van der Waals surface area contributed by atoms with Gasteiger partial charge < -0.3 is 9.47 Å². The van der Waals surface area contributed by atoms with Gasteiger partial charge >= 0.3 is 0 Å². The van der Waals surface area contributed by atoms with Crippen LogP contribution in [0.1, 0.15) is 34.1 Å². The van der Waals surface area contributed by atoms with Gasteiger partial charge in [-0.1, -0.05) is 61.2 Å². The van der Waals surface area contributed by atoms with Gasteiger partial charge in [-0.2, -0.15) is 0 Å². The Kier molecular flexibility index (Phi) is 8.00. The molecule has 1 unspecified atom stereocenters. The lowest BCUT2D eigenvalue weighted by Gasteiger charge is -2.37. The van der Waals surface area contributed by atoms with Crippen molar-refractivity contribution in [3.63, 3.8) is 0 Å². The first-order chi connectivity index (χ1) is 14.1. The van der Waals surface area contributed by atoms with Gasteiger partial charge in [-0.3, -0.25) is 0 Å². The van der Waals surface area contributed by atoms with Gasteiger partial charge in [-0.25, -0.2) is 4.68 Å². The monoisotopic (exact) mass is 431 g/mol. The predicted molar refractivity (Wildman–Crippen MR) is 122 cm³/mol. The zero-order chi connectivity index (χ0) is 20.7. The average molecular weight is 432 g/mol.